The molecule has 0 unspecified atom stereocenters. The highest BCUT2D eigenvalue weighted by molar-refractivity contribution is 5.24. The summed E-state index contributed by atoms with van der Waals surface area (Å²) in [5.74, 6) is 0.947. The normalized spacial score (nSPS) is 15.6. The average Bonchev–Trinajstić information content (AvgIpc) is 2.48. The van der Waals surface area contributed by atoms with Crippen molar-refractivity contribution in [3.8, 4) is 0 Å². The molecule has 0 aromatic carbocycles. The topological polar surface area (TPSA) is 41.9 Å². The van der Waals surface area contributed by atoms with E-state index >= 15 is 0 Å². The van der Waals surface area contributed by atoms with Crippen molar-refractivity contribution in [3.63, 3.8) is 0 Å². The maximum atomic E-state index is 4.79. The maximum Gasteiger partial charge on any atom is 0.133 e. The summed E-state index contributed by atoms with van der Waals surface area (Å²) in [5, 5.41) is 0. The van der Waals surface area contributed by atoms with Gasteiger partial charge in [-0.25, -0.2) is 9.97 Å². The third-order valence-corrected chi connectivity index (χ3v) is 4.23. The van der Waals surface area contributed by atoms with Crippen LogP contribution >= 0.6 is 0 Å². The minimum atomic E-state index is 0.0129. The van der Waals surface area contributed by atoms with Crippen LogP contribution in [-0.4, -0.2) is 26.4 Å². The molecule has 0 fully saturated rings. The second-order valence-corrected chi connectivity index (χ2v) is 7.18. The molecule has 4 nitrogen and oxygen atoms in total. The molecule has 0 bridgehead atoms. The number of nitrogens with zero attached hydrogens (tertiary/aromatic N) is 4. The van der Waals surface area contributed by atoms with E-state index in [4.69, 9.17) is 4.98 Å². The molecule has 0 N–H and O–H groups in total. The summed E-state index contributed by atoms with van der Waals surface area (Å²) in [7, 11) is 0. The second-order valence-electron chi connectivity index (χ2n) is 7.18. The number of hydrogen-bond donors (Lipinski definition) is 0. The maximum absolute atomic E-state index is 4.79. The monoisotopic (exact) mass is 296 g/mol. The Kier molecular flexibility index (Phi) is 3.96. The Morgan fingerprint density at radius 3 is 2.77 bits per heavy atom. The summed E-state index contributed by atoms with van der Waals surface area (Å²) >= 11 is 0. The Balaban J connectivity index is 1.76. The molecule has 0 saturated heterocycles. The van der Waals surface area contributed by atoms with Crippen molar-refractivity contribution in [2.75, 3.05) is 6.54 Å². The minimum absolute atomic E-state index is 0.0129. The van der Waals surface area contributed by atoms with E-state index < -0.39 is 0 Å². The predicted molar refractivity (Wildman–Crippen MR) is 87.5 cm³/mol. The van der Waals surface area contributed by atoms with Crippen molar-refractivity contribution < 1.29 is 0 Å². The van der Waals surface area contributed by atoms with E-state index in [9.17, 15) is 0 Å². The summed E-state index contributed by atoms with van der Waals surface area (Å²) in [6.07, 6.45) is 6.85. The lowest BCUT2D eigenvalue weighted by Gasteiger charge is -2.29. The van der Waals surface area contributed by atoms with Crippen LogP contribution in [0.25, 0.3) is 0 Å². The van der Waals surface area contributed by atoms with Crippen LogP contribution in [0, 0.1) is 6.92 Å². The van der Waals surface area contributed by atoms with Gasteiger partial charge >= 0.3 is 0 Å². The van der Waals surface area contributed by atoms with Gasteiger partial charge in [0.2, 0.25) is 0 Å². The first kappa shape index (κ1) is 15.1. The first-order valence-corrected chi connectivity index (χ1v) is 7.90. The molecule has 4 heteroatoms. The fourth-order valence-electron chi connectivity index (χ4n) is 2.77. The van der Waals surface area contributed by atoms with Crippen molar-refractivity contribution in [1.29, 1.82) is 0 Å². The van der Waals surface area contributed by atoms with Gasteiger partial charge in [0.1, 0.15) is 5.82 Å². The molecular formula is C18H24N4. The van der Waals surface area contributed by atoms with E-state index in [2.05, 4.69) is 48.6 Å². The Bertz CT molecular complexity index is 673. The van der Waals surface area contributed by atoms with Crippen LogP contribution in [0.2, 0.25) is 0 Å². The first-order chi connectivity index (χ1) is 10.4. The van der Waals surface area contributed by atoms with Crippen molar-refractivity contribution in [1.82, 2.24) is 19.9 Å². The number of rotatable bonds is 2. The third kappa shape index (κ3) is 3.17. The van der Waals surface area contributed by atoms with Gasteiger partial charge in [-0.15, -0.1) is 0 Å². The first-order valence-electron chi connectivity index (χ1n) is 7.90. The minimum Gasteiger partial charge on any atom is -0.294 e. The van der Waals surface area contributed by atoms with Crippen LogP contribution in [0.5, 0.6) is 0 Å². The zero-order valence-corrected chi connectivity index (χ0v) is 13.9. The fraction of sp³-hybridized carbons (Fsp3) is 0.500. The van der Waals surface area contributed by atoms with Gasteiger partial charge in [0.05, 0.1) is 0 Å². The molecule has 22 heavy (non-hydrogen) atoms. The number of pyridine rings is 1. The largest absolute Gasteiger partial charge is 0.294 e. The van der Waals surface area contributed by atoms with Gasteiger partial charge in [0.15, 0.2) is 0 Å². The smallest absolute Gasteiger partial charge is 0.133 e. The van der Waals surface area contributed by atoms with Crippen LogP contribution in [0.4, 0.5) is 0 Å². The molecule has 0 radical (unpaired) electrons. The van der Waals surface area contributed by atoms with E-state index in [-0.39, 0.29) is 5.41 Å². The van der Waals surface area contributed by atoms with Crippen molar-refractivity contribution in [2.45, 2.75) is 52.6 Å². The predicted octanol–water partition coefficient (Wildman–Crippen LogP) is 3.04. The molecule has 0 spiro atoms. The molecule has 1 aliphatic rings. The fourth-order valence-corrected chi connectivity index (χ4v) is 2.77. The SMILES string of the molecule is Cc1ccncc1CN1CCc2nc(C(C)(C)C)ncc2C1. The highest BCUT2D eigenvalue weighted by Crippen LogP contribution is 2.23. The van der Waals surface area contributed by atoms with E-state index in [0.29, 0.717) is 0 Å². The third-order valence-electron chi connectivity index (χ3n) is 4.23. The van der Waals surface area contributed by atoms with Gasteiger partial charge < -0.3 is 0 Å². The molecule has 0 saturated carbocycles. The van der Waals surface area contributed by atoms with Crippen molar-refractivity contribution in [2.24, 2.45) is 0 Å². The molecule has 1 aliphatic heterocycles. The number of aromatic nitrogens is 3. The molecule has 0 amide bonds. The van der Waals surface area contributed by atoms with Gasteiger partial charge in [-0.2, -0.15) is 0 Å². The summed E-state index contributed by atoms with van der Waals surface area (Å²) in [6.45, 7) is 11.5. The highest BCUT2D eigenvalue weighted by Gasteiger charge is 2.23. The zero-order chi connectivity index (χ0) is 15.7. The Morgan fingerprint density at radius 1 is 1.23 bits per heavy atom. The van der Waals surface area contributed by atoms with E-state index in [1.54, 1.807) is 0 Å². The van der Waals surface area contributed by atoms with Crippen molar-refractivity contribution >= 4 is 0 Å². The molecule has 3 heterocycles. The quantitative estimate of drug-likeness (QED) is 0.854. The van der Waals surface area contributed by atoms with Gasteiger partial charge in [0, 0.05) is 61.3 Å². The number of hydrogen-bond acceptors (Lipinski definition) is 4. The van der Waals surface area contributed by atoms with Crippen molar-refractivity contribution in [3.05, 3.63) is 52.9 Å². The van der Waals surface area contributed by atoms with Gasteiger partial charge in [-0.05, 0) is 24.1 Å². The second kappa shape index (κ2) is 5.76. The Morgan fingerprint density at radius 2 is 2.05 bits per heavy atom. The summed E-state index contributed by atoms with van der Waals surface area (Å²) in [6, 6.07) is 2.08. The van der Waals surface area contributed by atoms with E-state index in [1.807, 2.05) is 18.6 Å². The molecule has 2 aromatic heterocycles. The lowest BCUT2D eigenvalue weighted by Crippen LogP contribution is -2.32. The van der Waals surface area contributed by atoms with Crippen LogP contribution in [0.1, 0.15) is 49.0 Å². The molecule has 3 rings (SSSR count). The summed E-state index contributed by atoms with van der Waals surface area (Å²) in [4.78, 5) is 16.1. The summed E-state index contributed by atoms with van der Waals surface area (Å²) in [5.41, 5.74) is 5.11. The Hall–Kier alpha value is -1.81. The van der Waals surface area contributed by atoms with Crippen LogP contribution < -0.4 is 0 Å². The summed E-state index contributed by atoms with van der Waals surface area (Å²) < 4.78 is 0. The van der Waals surface area contributed by atoms with Crippen LogP contribution in [0.15, 0.2) is 24.7 Å². The number of fused-ring (bicyclic) bond motifs is 1. The molecular weight excluding hydrogens is 272 g/mol. The molecule has 0 aliphatic carbocycles. The lowest BCUT2D eigenvalue weighted by molar-refractivity contribution is 0.241. The van der Waals surface area contributed by atoms with Crippen LogP contribution in [-0.2, 0) is 24.9 Å². The lowest BCUT2D eigenvalue weighted by atomic mass is 9.95. The molecule has 2 aromatic rings. The Labute approximate surface area is 132 Å². The average molecular weight is 296 g/mol. The van der Waals surface area contributed by atoms with E-state index in [0.717, 1.165) is 31.9 Å². The standard InChI is InChI=1S/C18H24N4/c1-13-5-7-19-9-14(13)11-22-8-6-16-15(12-22)10-20-17(21-16)18(2,3)4/h5,7,9-10H,6,8,11-12H2,1-4H3. The highest BCUT2D eigenvalue weighted by atomic mass is 15.1. The van der Waals surface area contributed by atoms with Gasteiger partial charge in [-0.3, -0.25) is 9.88 Å². The van der Waals surface area contributed by atoms with Gasteiger partial charge in [0.25, 0.3) is 0 Å². The molecule has 0 atom stereocenters. The van der Waals surface area contributed by atoms with Crippen LogP contribution in [0.3, 0.4) is 0 Å². The zero-order valence-electron chi connectivity index (χ0n) is 13.9. The van der Waals surface area contributed by atoms with E-state index in [1.165, 1.54) is 22.4 Å². The van der Waals surface area contributed by atoms with Gasteiger partial charge in [-0.1, -0.05) is 20.8 Å². The molecule has 116 valence electrons. The number of aryl methyl sites for hydroxylation is 1.